The SMILES string of the molecule is CC(C)=CCC/C(C)=C/CC/C(C)=C/CC/C(=C\Cc1cc(O)cc(C)c1O)C(=O)O. The number of hydrogen-bond donors (Lipinski definition) is 3. The Kier molecular flexibility index (Phi) is 11.5. The molecular weight excluding hydrogens is 388 g/mol. The van der Waals surface area contributed by atoms with Crippen molar-refractivity contribution < 1.29 is 20.1 Å². The number of phenolic OH excluding ortho intramolecular Hbond substituents is 2. The molecule has 0 aliphatic carbocycles. The van der Waals surface area contributed by atoms with Gasteiger partial charge in [-0.1, -0.05) is 41.0 Å². The highest BCUT2D eigenvalue weighted by Gasteiger charge is 2.09. The number of rotatable bonds is 12. The fourth-order valence-corrected chi connectivity index (χ4v) is 3.33. The van der Waals surface area contributed by atoms with Crippen LogP contribution in [0.2, 0.25) is 0 Å². The molecule has 170 valence electrons. The molecule has 0 bridgehead atoms. The van der Waals surface area contributed by atoms with E-state index in [2.05, 4.69) is 45.9 Å². The predicted octanol–water partition coefficient (Wildman–Crippen LogP) is 7.16. The first-order chi connectivity index (χ1) is 14.6. The van der Waals surface area contributed by atoms with Crippen LogP contribution in [0.4, 0.5) is 0 Å². The first-order valence-corrected chi connectivity index (χ1v) is 11.0. The van der Waals surface area contributed by atoms with Crippen LogP contribution in [0, 0.1) is 6.92 Å². The van der Waals surface area contributed by atoms with E-state index < -0.39 is 5.97 Å². The largest absolute Gasteiger partial charge is 0.508 e. The standard InChI is InChI=1S/C27H38O4/c1-19(2)9-6-10-20(3)11-7-12-21(4)13-8-14-23(27(30)31)15-16-24-18-25(28)17-22(5)26(24)29/h9,11,13,15,17-18,28-29H,6-8,10,12,14,16H2,1-5H3,(H,30,31)/b20-11+,21-13+,23-15+. The number of carboxylic acid groups (broad SMARTS) is 1. The Hall–Kier alpha value is -2.75. The number of hydrogen-bond acceptors (Lipinski definition) is 3. The van der Waals surface area contributed by atoms with Crippen LogP contribution in [-0.2, 0) is 11.2 Å². The van der Waals surface area contributed by atoms with Gasteiger partial charge in [-0.2, -0.15) is 0 Å². The summed E-state index contributed by atoms with van der Waals surface area (Å²) >= 11 is 0. The predicted molar refractivity (Wildman–Crippen MR) is 129 cm³/mol. The van der Waals surface area contributed by atoms with E-state index in [1.165, 1.54) is 28.9 Å². The maximum absolute atomic E-state index is 11.6. The van der Waals surface area contributed by atoms with Gasteiger partial charge in [0.05, 0.1) is 0 Å². The summed E-state index contributed by atoms with van der Waals surface area (Å²) in [7, 11) is 0. The molecule has 0 aromatic heterocycles. The van der Waals surface area contributed by atoms with E-state index in [1.807, 2.05) is 0 Å². The minimum absolute atomic E-state index is 0.0651. The second-order valence-corrected chi connectivity index (χ2v) is 8.51. The number of aliphatic carboxylic acids is 1. The average molecular weight is 427 g/mol. The van der Waals surface area contributed by atoms with E-state index in [9.17, 15) is 20.1 Å². The molecule has 4 heteroatoms. The first kappa shape index (κ1) is 26.3. The molecule has 4 nitrogen and oxygen atoms in total. The number of allylic oxidation sites excluding steroid dienone is 7. The molecule has 1 rings (SSSR count). The average Bonchev–Trinajstić information content (AvgIpc) is 2.67. The molecule has 0 saturated heterocycles. The van der Waals surface area contributed by atoms with E-state index >= 15 is 0 Å². The molecule has 0 saturated carbocycles. The summed E-state index contributed by atoms with van der Waals surface area (Å²) < 4.78 is 0. The van der Waals surface area contributed by atoms with Crippen molar-refractivity contribution in [1.29, 1.82) is 0 Å². The van der Waals surface area contributed by atoms with Crippen LogP contribution in [0.3, 0.4) is 0 Å². The summed E-state index contributed by atoms with van der Waals surface area (Å²) in [5.74, 6) is -0.786. The van der Waals surface area contributed by atoms with Crippen LogP contribution < -0.4 is 0 Å². The highest BCUT2D eigenvalue weighted by Crippen LogP contribution is 2.28. The lowest BCUT2D eigenvalue weighted by Crippen LogP contribution is -2.01. The Morgan fingerprint density at radius 2 is 1.39 bits per heavy atom. The second-order valence-electron chi connectivity index (χ2n) is 8.51. The van der Waals surface area contributed by atoms with Crippen molar-refractivity contribution in [3.63, 3.8) is 0 Å². The van der Waals surface area contributed by atoms with Crippen molar-refractivity contribution in [2.75, 3.05) is 0 Å². The Balaban J connectivity index is 2.57. The minimum atomic E-state index is -0.947. The van der Waals surface area contributed by atoms with Gasteiger partial charge in [-0.3, -0.25) is 0 Å². The number of aromatic hydroxyl groups is 2. The molecule has 0 radical (unpaired) electrons. The lowest BCUT2D eigenvalue weighted by Gasteiger charge is -2.07. The Labute approximate surface area is 187 Å². The number of carboxylic acids is 1. The third-order valence-corrected chi connectivity index (χ3v) is 5.24. The quantitative estimate of drug-likeness (QED) is 0.188. The van der Waals surface area contributed by atoms with Crippen molar-refractivity contribution in [1.82, 2.24) is 0 Å². The third kappa shape index (κ3) is 10.7. The van der Waals surface area contributed by atoms with Gasteiger partial charge in [0.2, 0.25) is 0 Å². The zero-order valence-corrected chi connectivity index (χ0v) is 19.7. The summed E-state index contributed by atoms with van der Waals surface area (Å²) in [6, 6.07) is 2.95. The summed E-state index contributed by atoms with van der Waals surface area (Å²) in [6.07, 6.45) is 13.8. The summed E-state index contributed by atoms with van der Waals surface area (Å²) in [5, 5.41) is 29.3. The van der Waals surface area contributed by atoms with Crippen molar-refractivity contribution in [3.05, 3.63) is 69.9 Å². The van der Waals surface area contributed by atoms with Crippen LogP contribution in [0.5, 0.6) is 11.5 Å². The van der Waals surface area contributed by atoms with Gasteiger partial charge in [0.1, 0.15) is 11.5 Å². The van der Waals surface area contributed by atoms with Crippen LogP contribution in [0.1, 0.15) is 77.3 Å². The molecule has 0 amide bonds. The third-order valence-electron chi connectivity index (χ3n) is 5.24. The van der Waals surface area contributed by atoms with Gasteiger partial charge in [-0.05, 0) is 97.3 Å². The van der Waals surface area contributed by atoms with E-state index in [0.717, 1.165) is 25.7 Å². The Bertz CT molecular complexity index is 865. The lowest BCUT2D eigenvalue weighted by atomic mass is 10.0. The fraction of sp³-hybridized carbons (Fsp3) is 0.444. The molecule has 0 fully saturated rings. The first-order valence-electron chi connectivity index (χ1n) is 11.0. The molecule has 0 aliphatic heterocycles. The van der Waals surface area contributed by atoms with Crippen molar-refractivity contribution in [3.8, 4) is 11.5 Å². The minimum Gasteiger partial charge on any atom is -0.508 e. The highest BCUT2D eigenvalue weighted by atomic mass is 16.4. The van der Waals surface area contributed by atoms with Crippen LogP contribution in [0.15, 0.2) is 58.7 Å². The Morgan fingerprint density at radius 1 is 0.839 bits per heavy atom. The van der Waals surface area contributed by atoms with Crippen LogP contribution in [-0.4, -0.2) is 21.3 Å². The molecule has 31 heavy (non-hydrogen) atoms. The smallest absolute Gasteiger partial charge is 0.331 e. The molecule has 0 heterocycles. The maximum Gasteiger partial charge on any atom is 0.331 e. The fourth-order valence-electron chi connectivity index (χ4n) is 3.33. The van der Waals surface area contributed by atoms with Crippen molar-refractivity contribution in [2.24, 2.45) is 0 Å². The monoisotopic (exact) mass is 426 g/mol. The van der Waals surface area contributed by atoms with Gasteiger partial charge < -0.3 is 15.3 Å². The van der Waals surface area contributed by atoms with Gasteiger partial charge >= 0.3 is 5.97 Å². The normalized spacial score (nSPS) is 12.7. The zero-order chi connectivity index (χ0) is 23.4. The summed E-state index contributed by atoms with van der Waals surface area (Å²) in [5.41, 5.74) is 5.44. The van der Waals surface area contributed by atoms with Crippen molar-refractivity contribution >= 4 is 5.97 Å². The van der Waals surface area contributed by atoms with Crippen LogP contribution >= 0.6 is 0 Å². The number of carbonyl (C=O) groups is 1. The molecule has 3 N–H and O–H groups in total. The van der Waals surface area contributed by atoms with Gasteiger partial charge in [-0.25, -0.2) is 4.79 Å². The van der Waals surface area contributed by atoms with E-state index in [1.54, 1.807) is 13.0 Å². The molecule has 0 aliphatic rings. The van der Waals surface area contributed by atoms with Crippen LogP contribution in [0.25, 0.3) is 0 Å². The zero-order valence-electron chi connectivity index (χ0n) is 19.7. The summed E-state index contributed by atoms with van der Waals surface area (Å²) in [6.45, 7) is 10.2. The van der Waals surface area contributed by atoms with Gasteiger partial charge in [-0.15, -0.1) is 0 Å². The van der Waals surface area contributed by atoms with Gasteiger partial charge in [0.25, 0.3) is 0 Å². The van der Waals surface area contributed by atoms with Gasteiger partial charge in [0, 0.05) is 11.1 Å². The van der Waals surface area contributed by atoms with E-state index in [0.29, 0.717) is 29.5 Å². The number of benzene rings is 1. The number of aryl methyl sites for hydroxylation is 1. The molecule has 0 atom stereocenters. The summed E-state index contributed by atoms with van der Waals surface area (Å²) in [4.78, 5) is 11.6. The van der Waals surface area contributed by atoms with E-state index in [-0.39, 0.29) is 17.9 Å². The van der Waals surface area contributed by atoms with Gasteiger partial charge in [0.15, 0.2) is 0 Å². The molecule has 1 aromatic rings. The van der Waals surface area contributed by atoms with Crippen molar-refractivity contribution in [2.45, 2.75) is 79.6 Å². The second kappa shape index (κ2) is 13.5. The van der Waals surface area contributed by atoms with E-state index in [4.69, 9.17) is 0 Å². The molecule has 0 unspecified atom stereocenters. The maximum atomic E-state index is 11.6. The molecule has 1 aromatic carbocycles. The topological polar surface area (TPSA) is 77.8 Å². The molecule has 0 spiro atoms. The highest BCUT2D eigenvalue weighted by molar-refractivity contribution is 5.86. The lowest BCUT2D eigenvalue weighted by molar-refractivity contribution is -0.132. The Morgan fingerprint density at radius 3 is 1.94 bits per heavy atom. The molecular formula is C27H38O4. The number of phenols is 2.